The van der Waals surface area contributed by atoms with Gasteiger partial charge in [0.05, 0.1) is 23.9 Å². The van der Waals surface area contributed by atoms with Crippen molar-refractivity contribution in [1.82, 2.24) is 4.31 Å². The van der Waals surface area contributed by atoms with E-state index in [2.05, 4.69) is 4.72 Å². The van der Waals surface area contributed by atoms with Gasteiger partial charge in [-0.3, -0.25) is 4.72 Å². The molecular formula is C17H20N2O5S2. The average molecular weight is 396 g/mol. The van der Waals surface area contributed by atoms with Gasteiger partial charge in [-0.15, -0.1) is 0 Å². The number of benzene rings is 2. The Hall–Kier alpha value is -1.94. The molecule has 9 heteroatoms. The van der Waals surface area contributed by atoms with E-state index in [0.29, 0.717) is 18.8 Å². The molecule has 3 rings (SSSR count). The molecule has 1 aliphatic rings. The van der Waals surface area contributed by atoms with Crippen LogP contribution >= 0.6 is 0 Å². The normalized spacial score (nSPS) is 16.3. The number of ether oxygens (including phenoxy) is 1. The van der Waals surface area contributed by atoms with E-state index in [0.717, 1.165) is 0 Å². The molecule has 1 saturated heterocycles. The molecule has 1 heterocycles. The zero-order valence-electron chi connectivity index (χ0n) is 14.0. The second-order valence-electron chi connectivity index (χ2n) is 5.89. The van der Waals surface area contributed by atoms with Crippen LogP contribution in [0.25, 0.3) is 0 Å². The van der Waals surface area contributed by atoms with Gasteiger partial charge < -0.3 is 4.74 Å². The van der Waals surface area contributed by atoms with Crippen LogP contribution < -0.4 is 4.72 Å². The average Bonchev–Trinajstić information content (AvgIpc) is 2.62. The molecule has 0 aromatic heterocycles. The number of anilines is 1. The molecule has 7 nitrogen and oxygen atoms in total. The van der Waals surface area contributed by atoms with Gasteiger partial charge in [-0.25, -0.2) is 16.8 Å². The number of hydrogen-bond donors (Lipinski definition) is 1. The minimum Gasteiger partial charge on any atom is -0.379 e. The lowest BCUT2D eigenvalue weighted by Crippen LogP contribution is -2.40. The number of nitrogens with one attached hydrogen (secondary N) is 1. The highest BCUT2D eigenvalue weighted by Gasteiger charge is 2.26. The first-order valence-electron chi connectivity index (χ1n) is 8.09. The van der Waals surface area contributed by atoms with Crippen molar-refractivity contribution in [3.63, 3.8) is 0 Å². The van der Waals surface area contributed by atoms with E-state index in [-0.39, 0.29) is 29.4 Å². The highest BCUT2D eigenvalue weighted by Crippen LogP contribution is 2.21. The van der Waals surface area contributed by atoms with E-state index >= 15 is 0 Å². The SMILES string of the molecule is O=S(=O)(Cc1ccccc1)Nc1cccc(S(=O)(=O)N2CCOCC2)c1. The quantitative estimate of drug-likeness (QED) is 0.801. The highest BCUT2D eigenvalue weighted by atomic mass is 32.2. The summed E-state index contributed by atoms with van der Waals surface area (Å²) in [5.74, 6) is -0.186. The molecule has 0 aliphatic carbocycles. The summed E-state index contributed by atoms with van der Waals surface area (Å²) in [6.45, 7) is 1.27. The van der Waals surface area contributed by atoms with Crippen molar-refractivity contribution >= 4 is 25.7 Å². The molecule has 0 unspecified atom stereocenters. The second kappa shape index (κ2) is 7.75. The van der Waals surface area contributed by atoms with Crippen LogP contribution in [-0.4, -0.2) is 47.4 Å². The van der Waals surface area contributed by atoms with Crippen LogP contribution in [0.5, 0.6) is 0 Å². The Kier molecular flexibility index (Phi) is 5.61. The fraction of sp³-hybridized carbons (Fsp3) is 0.294. The second-order valence-corrected chi connectivity index (χ2v) is 9.55. The maximum atomic E-state index is 12.7. The summed E-state index contributed by atoms with van der Waals surface area (Å²) in [6, 6.07) is 14.6. The molecule has 2 aromatic rings. The lowest BCUT2D eigenvalue weighted by atomic mass is 10.2. The molecule has 1 aliphatic heterocycles. The standard InChI is InChI=1S/C17H20N2O5S2/c20-25(21,14-15-5-2-1-3-6-15)18-16-7-4-8-17(13-16)26(22,23)19-9-11-24-12-10-19/h1-8,13,18H,9-12,14H2. The minimum atomic E-state index is -3.68. The van der Waals surface area contributed by atoms with E-state index in [1.54, 1.807) is 24.3 Å². The topological polar surface area (TPSA) is 92.8 Å². The van der Waals surface area contributed by atoms with Crippen molar-refractivity contribution in [3.05, 3.63) is 60.2 Å². The lowest BCUT2D eigenvalue weighted by molar-refractivity contribution is 0.0730. The third kappa shape index (κ3) is 4.61. The van der Waals surface area contributed by atoms with Crippen LogP contribution in [0.15, 0.2) is 59.5 Å². The van der Waals surface area contributed by atoms with E-state index in [4.69, 9.17) is 4.74 Å². The van der Waals surface area contributed by atoms with Crippen molar-refractivity contribution in [2.24, 2.45) is 0 Å². The molecule has 0 saturated carbocycles. The maximum absolute atomic E-state index is 12.7. The molecule has 0 amide bonds. The predicted octanol–water partition coefficient (Wildman–Crippen LogP) is 1.65. The molecule has 2 aromatic carbocycles. The van der Waals surface area contributed by atoms with Crippen LogP contribution in [0.3, 0.4) is 0 Å². The highest BCUT2D eigenvalue weighted by molar-refractivity contribution is 7.92. The van der Waals surface area contributed by atoms with Gasteiger partial charge in [0.25, 0.3) is 0 Å². The smallest absolute Gasteiger partial charge is 0.243 e. The van der Waals surface area contributed by atoms with Crippen LogP contribution in [0.4, 0.5) is 5.69 Å². The van der Waals surface area contributed by atoms with Crippen molar-refractivity contribution in [1.29, 1.82) is 0 Å². The molecule has 1 N–H and O–H groups in total. The van der Waals surface area contributed by atoms with Gasteiger partial charge in [0, 0.05) is 18.8 Å². The molecule has 0 radical (unpaired) electrons. The van der Waals surface area contributed by atoms with Crippen molar-refractivity contribution < 1.29 is 21.6 Å². The van der Waals surface area contributed by atoms with Crippen LogP contribution in [0.1, 0.15) is 5.56 Å². The van der Waals surface area contributed by atoms with Gasteiger partial charge in [-0.05, 0) is 23.8 Å². The largest absolute Gasteiger partial charge is 0.379 e. The van der Waals surface area contributed by atoms with Crippen LogP contribution in [0, 0.1) is 0 Å². The van der Waals surface area contributed by atoms with Crippen molar-refractivity contribution in [2.45, 2.75) is 10.6 Å². The van der Waals surface area contributed by atoms with Crippen LogP contribution in [-0.2, 0) is 30.5 Å². The van der Waals surface area contributed by atoms with E-state index < -0.39 is 20.0 Å². The maximum Gasteiger partial charge on any atom is 0.243 e. The van der Waals surface area contributed by atoms with E-state index in [9.17, 15) is 16.8 Å². The van der Waals surface area contributed by atoms with Gasteiger partial charge in [0.15, 0.2) is 0 Å². The molecular weight excluding hydrogens is 376 g/mol. The molecule has 1 fully saturated rings. The fourth-order valence-electron chi connectivity index (χ4n) is 2.67. The number of hydrogen-bond acceptors (Lipinski definition) is 5. The summed E-state index contributed by atoms with van der Waals surface area (Å²) < 4.78 is 59.0. The van der Waals surface area contributed by atoms with E-state index in [1.165, 1.54) is 28.6 Å². The Labute approximate surface area is 153 Å². The van der Waals surface area contributed by atoms with Crippen molar-refractivity contribution in [3.8, 4) is 0 Å². The number of rotatable bonds is 6. The first kappa shape index (κ1) is 18.8. The van der Waals surface area contributed by atoms with Crippen LogP contribution in [0.2, 0.25) is 0 Å². The number of nitrogens with zero attached hydrogens (tertiary/aromatic N) is 1. The Morgan fingerprint density at radius 3 is 2.31 bits per heavy atom. The summed E-state index contributed by atoms with van der Waals surface area (Å²) >= 11 is 0. The van der Waals surface area contributed by atoms with Gasteiger partial charge in [-0.2, -0.15) is 4.31 Å². The lowest BCUT2D eigenvalue weighted by Gasteiger charge is -2.26. The van der Waals surface area contributed by atoms with Gasteiger partial charge in [0.1, 0.15) is 0 Å². The first-order valence-corrected chi connectivity index (χ1v) is 11.2. The van der Waals surface area contributed by atoms with E-state index in [1.807, 2.05) is 6.07 Å². The van der Waals surface area contributed by atoms with Gasteiger partial charge in [0.2, 0.25) is 20.0 Å². The molecule has 0 atom stereocenters. The third-order valence-electron chi connectivity index (χ3n) is 3.91. The Morgan fingerprint density at radius 2 is 1.62 bits per heavy atom. The fourth-order valence-corrected chi connectivity index (χ4v) is 5.31. The predicted molar refractivity (Wildman–Crippen MR) is 98.7 cm³/mol. The van der Waals surface area contributed by atoms with Gasteiger partial charge >= 0.3 is 0 Å². The Morgan fingerprint density at radius 1 is 0.923 bits per heavy atom. The van der Waals surface area contributed by atoms with Gasteiger partial charge in [-0.1, -0.05) is 36.4 Å². The summed E-state index contributed by atoms with van der Waals surface area (Å²) in [4.78, 5) is 0.0549. The summed E-state index contributed by atoms with van der Waals surface area (Å²) in [5, 5.41) is 0. The summed E-state index contributed by atoms with van der Waals surface area (Å²) in [7, 11) is -7.33. The van der Waals surface area contributed by atoms with Crippen molar-refractivity contribution in [2.75, 3.05) is 31.0 Å². The monoisotopic (exact) mass is 396 g/mol. The Balaban J connectivity index is 1.79. The first-order chi connectivity index (χ1) is 12.4. The molecule has 26 heavy (non-hydrogen) atoms. The molecule has 0 spiro atoms. The Bertz CT molecular complexity index is 954. The zero-order valence-corrected chi connectivity index (χ0v) is 15.7. The third-order valence-corrected chi connectivity index (χ3v) is 7.07. The number of morpholine rings is 1. The molecule has 0 bridgehead atoms. The number of sulfonamides is 2. The molecule has 140 valence electrons. The summed E-state index contributed by atoms with van der Waals surface area (Å²) in [6.07, 6.45) is 0. The minimum absolute atomic E-state index is 0.0549. The summed E-state index contributed by atoms with van der Waals surface area (Å²) in [5.41, 5.74) is 0.868. The zero-order chi connectivity index (χ0) is 18.6.